The standard InChI is InChI=1S/C26H30N2O3/c1-17-2-6-20(7-3-17)25-23-14-22(31-16-24(29)27-15-18-4-5-18)11-10-19(23)12-13-28(25)26(30)21-8-9-21/h2-3,6-7,10-11,14,18,21,25H,4-5,8-9,12-13,15-16H2,1H3,(H,27,29). The van der Waals surface area contributed by atoms with Crippen LogP contribution in [0.5, 0.6) is 5.75 Å². The highest BCUT2D eigenvalue weighted by Crippen LogP contribution is 2.41. The minimum absolute atomic E-state index is 0.0193. The van der Waals surface area contributed by atoms with Crippen LogP contribution in [0.3, 0.4) is 0 Å². The lowest BCUT2D eigenvalue weighted by Crippen LogP contribution is -2.41. The summed E-state index contributed by atoms with van der Waals surface area (Å²) in [6.45, 7) is 3.59. The average Bonchev–Trinajstić information content (AvgIpc) is 3.69. The molecule has 0 radical (unpaired) electrons. The number of ether oxygens (including phenoxy) is 1. The van der Waals surface area contributed by atoms with Crippen LogP contribution in [0.15, 0.2) is 42.5 Å². The van der Waals surface area contributed by atoms with E-state index in [1.807, 2.05) is 12.1 Å². The molecule has 2 aromatic rings. The number of hydrogen-bond donors (Lipinski definition) is 1. The Balaban J connectivity index is 1.38. The summed E-state index contributed by atoms with van der Waals surface area (Å²) in [7, 11) is 0. The number of nitrogens with one attached hydrogen (secondary N) is 1. The molecule has 1 unspecified atom stereocenters. The predicted molar refractivity (Wildman–Crippen MR) is 119 cm³/mol. The molecule has 1 atom stereocenters. The molecular formula is C26H30N2O3. The van der Waals surface area contributed by atoms with Crippen molar-refractivity contribution in [3.8, 4) is 5.75 Å². The Hall–Kier alpha value is -2.82. The molecule has 1 N–H and O–H groups in total. The molecule has 2 aliphatic carbocycles. The Morgan fingerprint density at radius 2 is 1.84 bits per heavy atom. The van der Waals surface area contributed by atoms with Crippen molar-refractivity contribution in [1.29, 1.82) is 0 Å². The number of hydrogen-bond acceptors (Lipinski definition) is 3. The number of rotatable bonds is 7. The molecule has 31 heavy (non-hydrogen) atoms. The van der Waals surface area contributed by atoms with Gasteiger partial charge in [-0.25, -0.2) is 0 Å². The number of nitrogens with zero attached hydrogens (tertiary/aromatic N) is 1. The fourth-order valence-electron chi connectivity index (χ4n) is 4.37. The summed E-state index contributed by atoms with van der Waals surface area (Å²) < 4.78 is 5.83. The van der Waals surface area contributed by atoms with Gasteiger partial charge < -0.3 is 15.0 Å². The summed E-state index contributed by atoms with van der Waals surface area (Å²) >= 11 is 0. The van der Waals surface area contributed by atoms with Crippen molar-refractivity contribution in [2.24, 2.45) is 11.8 Å². The second kappa shape index (κ2) is 8.37. The normalized spacial score (nSPS) is 20.2. The third kappa shape index (κ3) is 4.60. The lowest BCUT2D eigenvalue weighted by atomic mass is 9.87. The SMILES string of the molecule is Cc1ccc(C2c3cc(OCC(=O)NCC4CC4)ccc3CCN2C(=O)C2CC2)cc1. The highest BCUT2D eigenvalue weighted by Gasteiger charge is 2.39. The van der Waals surface area contributed by atoms with E-state index in [9.17, 15) is 9.59 Å². The molecule has 2 fully saturated rings. The molecule has 2 saturated carbocycles. The lowest BCUT2D eigenvalue weighted by molar-refractivity contribution is -0.134. The van der Waals surface area contributed by atoms with Gasteiger partial charge in [-0.1, -0.05) is 35.9 Å². The molecule has 2 amide bonds. The van der Waals surface area contributed by atoms with Crippen molar-refractivity contribution in [2.45, 2.75) is 45.1 Å². The minimum atomic E-state index is -0.107. The maximum Gasteiger partial charge on any atom is 0.257 e. The molecule has 2 aromatic carbocycles. The lowest BCUT2D eigenvalue weighted by Gasteiger charge is -2.38. The van der Waals surface area contributed by atoms with E-state index in [4.69, 9.17) is 4.74 Å². The Morgan fingerprint density at radius 3 is 2.55 bits per heavy atom. The largest absolute Gasteiger partial charge is 0.484 e. The van der Waals surface area contributed by atoms with E-state index in [1.165, 1.54) is 24.0 Å². The van der Waals surface area contributed by atoms with E-state index >= 15 is 0 Å². The monoisotopic (exact) mass is 418 g/mol. The Labute approximate surface area is 183 Å². The number of aryl methyl sites for hydroxylation is 1. The molecule has 5 rings (SSSR count). The highest BCUT2D eigenvalue weighted by atomic mass is 16.5. The number of carbonyl (C=O) groups is 2. The Bertz CT molecular complexity index is 977. The highest BCUT2D eigenvalue weighted by molar-refractivity contribution is 5.82. The van der Waals surface area contributed by atoms with Crippen LogP contribution in [0, 0.1) is 18.8 Å². The van der Waals surface area contributed by atoms with Crippen LogP contribution >= 0.6 is 0 Å². The molecular weight excluding hydrogens is 388 g/mol. The van der Waals surface area contributed by atoms with Gasteiger partial charge in [-0.2, -0.15) is 0 Å². The van der Waals surface area contributed by atoms with Crippen molar-refractivity contribution in [2.75, 3.05) is 19.7 Å². The van der Waals surface area contributed by atoms with Crippen LogP contribution in [-0.4, -0.2) is 36.4 Å². The van der Waals surface area contributed by atoms with Gasteiger partial charge in [0.1, 0.15) is 5.75 Å². The molecule has 3 aliphatic rings. The van der Waals surface area contributed by atoms with E-state index in [0.717, 1.165) is 43.5 Å². The maximum absolute atomic E-state index is 13.1. The molecule has 0 spiro atoms. The second-order valence-electron chi connectivity index (χ2n) is 9.27. The first kappa shape index (κ1) is 20.1. The first-order chi connectivity index (χ1) is 15.1. The smallest absolute Gasteiger partial charge is 0.257 e. The van der Waals surface area contributed by atoms with Crippen LogP contribution in [-0.2, 0) is 16.0 Å². The number of carbonyl (C=O) groups excluding carboxylic acids is 2. The van der Waals surface area contributed by atoms with Gasteiger partial charge in [0.25, 0.3) is 5.91 Å². The third-order valence-electron chi connectivity index (χ3n) is 6.60. The quantitative estimate of drug-likeness (QED) is 0.744. The number of benzene rings is 2. The van der Waals surface area contributed by atoms with Gasteiger partial charge in [0.2, 0.25) is 5.91 Å². The van der Waals surface area contributed by atoms with Gasteiger partial charge in [-0.15, -0.1) is 0 Å². The summed E-state index contributed by atoms with van der Waals surface area (Å²) in [5, 5.41) is 2.94. The van der Waals surface area contributed by atoms with Crippen LogP contribution in [0.1, 0.15) is 54.0 Å². The van der Waals surface area contributed by atoms with Crippen LogP contribution in [0.25, 0.3) is 0 Å². The molecule has 162 valence electrons. The number of amides is 2. The minimum Gasteiger partial charge on any atom is -0.484 e. The van der Waals surface area contributed by atoms with E-state index in [1.54, 1.807) is 0 Å². The predicted octanol–water partition coefficient (Wildman–Crippen LogP) is 3.78. The molecule has 0 bridgehead atoms. The molecule has 1 heterocycles. The summed E-state index contributed by atoms with van der Waals surface area (Å²) in [5.41, 5.74) is 4.69. The summed E-state index contributed by atoms with van der Waals surface area (Å²) in [4.78, 5) is 27.2. The van der Waals surface area contributed by atoms with Crippen molar-refractivity contribution in [1.82, 2.24) is 10.2 Å². The fourth-order valence-corrected chi connectivity index (χ4v) is 4.37. The summed E-state index contributed by atoms with van der Waals surface area (Å²) in [6.07, 6.45) is 5.27. The average molecular weight is 419 g/mol. The summed E-state index contributed by atoms with van der Waals surface area (Å²) in [6, 6.07) is 14.4. The van der Waals surface area contributed by atoms with E-state index in [0.29, 0.717) is 11.7 Å². The zero-order chi connectivity index (χ0) is 21.4. The van der Waals surface area contributed by atoms with Crippen LogP contribution < -0.4 is 10.1 Å². The molecule has 1 aliphatic heterocycles. The van der Waals surface area contributed by atoms with Gasteiger partial charge in [-0.3, -0.25) is 9.59 Å². The number of fused-ring (bicyclic) bond motifs is 1. The van der Waals surface area contributed by atoms with Gasteiger partial charge in [0, 0.05) is 19.0 Å². The summed E-state index contributed by atoms with van der Waals surface area (Å²) in [5.74, 6) is 1.70. The molecule has 0 saturated heterocycles. The second-order valence-corrected chi connectivity index (χ2v) is 9.27. The first-order valence-corrected chi connectivity index (χ1v) is 11.5. The van der Waals surface area contributed by atoms with Crippen molar-refractivity contribution in [3.05, 3.63) is 64.7 Å². The van der Waals surface area contributed by atoms with E-state index in [-0.39, 0.29) is 30.4 Å². The van der Waals surface area contributed by atoms with Crippen LogP contribution in [0.2, 0.25) is 0 Å². The molecule has 0 aromatic heterocycles. The van der Waals surface area contributed by atoms with Crippen LogP contribution in [0.4, 0.5) is 0 Å². The van der Waals surface area contributed by atoms with Gasteiger partial charge in [0.15, 0.2) is 6.61 Å². The van der Waals surface area contributed by atoms with Gasteiger partial charge in [0.05, 0.1) is 6.04 Å². The molecule has 5 heteroatoms. The first-order valence-electron chi connectivity index (χ1n) is 11.5. The maximum atomic E-state index is 13.1. The van der Waals surface area contributed by atoms with Gasteiger partial charge in [-0.05, 0) is 73.8 Å². The zero-order valence-corrected chi connectivity index (χ0v) is 18.1. The Kier molecular flexibility index (Phi) is 5.43. The van der Waals surface area contributed by atoms with Crippen molar-refractivity contribution < 1.29 is 14.3 Å². The van der Waals surface area contributed by atoms with E-state index in [2.05, 4.69) is 47.5 Å². The van der Waals surface area contributed by atoms with Crippen molar-refractivity contribution in [3.63, 3.8) is 0 Å². The fraction of sp³-hybridized carbons (Fsp3) is 0.462. The zero-order valence-electron chi connectivity index (χ0n) is 18.1. The molecule has 5 nitrogen and oxygen atoms in total. The van der Waals surface area contributed by atoms with E-state index < -0.39 is 0 Å². The topological polar surface area (TPSA) is 58.6 Å². The third-order valence-corrected chi connectivity index (χ3v) is 6.60. The van der Waals surface area contributed by atoms with Crippen molar-refractivity contribution >= 4 is 11.8 Å². The Morgan fingerprint density at radius 1 is 1.06 bits per heavy atom. The van der Waals surface area contributed by atoms with Gasteiger partial charge >= 0.3 is 0 Å².